The van der Waals surface area contributed by atoms with Crippen LogP contribution in [0.15, 0.2) is 0 Å². The van der Waals surface area contributed by atoms with Gasteiger partial charge in [-0.25, -0.2) is 4.98 Å². The first-order chi connectivity index (χ1) is 9.99. The third-order valence-corrected chi connectivity index (χ3v) is 6.47. The van der Waals surface area contributed by atoms with Crippen LogP contribution in [0.5, 0.6) is 0 Å². The first-order valence-electron chi connectivity index (χ1n) is 7.43. The molecule has 2 rings (SSSR count). The van der Waals surface area contributed by atoms with Gasteiger partial charge < -0.3 is 15.5 Å². The van der Waals surface area contributed by atoms with Gasteiger partial charge in [0, 0.05) is 36.7 Å². The van der Waals surface area contributed by atoms with Crippen molar-refractivity contribution in [3.63, 3.8) is 0 Å². The number of amides is 1. The summed E-state index contributed by atoms with van der Waals surface area (Å²) in [6.07, 6.45) is 0. The van der Waals surface area contributed by atoms with E-state index in [-0.39, 0.29) is 11.9 Å². The largest absolute Gasteiger partial charge is 0.382 e. The fourth-order valence-corrected chi connectivity index (χ4v) is 4.62. The van der Waals surface area contributed by atoms with Crippen LogP contribution in [0.3, 0.4) is 0 Å². The summed E-state index contributed by atoms with van der Waals surface area (Å²) in [5, 5.41) is 1.30. The van der Waals surface area contributed by atoms with Gasteiger partial charge in [-0.2, -0.15) is 11.8 Å². The smallest absolute Gasteiger partial charge is 0.268 e. The van der Waals surface area contributed by atoms with E-state index in [0.29, 0.717) is 15.9 Å². The minimum Gasteiger partial charge on any atom is -0.382 e. The molecule has 1 aromatic heterocycles. The Kier molecular flexibility index (Phi) is 5.37. The van der Waals surface area contributed by atoms with Gasteiger partial charge in [0.15, 0.2) is 5.13 Å². The molecule has 0 bridgehead atoms. The molecule has 1 saturated heterocycles. The van der Waals surface area contributed by atoms with E-state index in [0.717, 1.165) is 30.5 Å². The van der Waals surface area contributed by atoms with Crippen LogP contribution < -0.4 is 10.6 Å². The molecular weight excluding hydrogens is 304 g/mol. The van der Waals surface area contributed by atoms with E-state index < -0.39 is 0 Å². The third kappa shape index (κ3) is 3.29. The number of carbonyl (C=O) groups is 1. The Bertz CT molecular complexity index is 501. The summed E-state index contributed by atoms with van der Waals surface area (Å²) in [6, 6.07) is 0.231. The van der Waals surface area contributed by atoms with Gasteiger partial charge in [-0.15, -0.1) is 0 Å². The van der Waals surface area contributed by atoms with E-state index in [9.17, 15) is 4.79 Å². The van der Waals surface area contributed by atoms with E-state index in [1.54, 1.807) is 0 Å². The molecule has 2 N–H and O–H groups in total. The fourth-order valence-electron chi connectivity index (χ4n) is 2.45. The molecule has 2 heterocycles. The van der Waals surface area contributed by atoms with Crippen molar-refractivity contribution < 1.29 is 4.79 Å². The molecule has 0 aliphatic carbocycles. The lowest BCUT2D eigenvalue weighted by Gasteiger charge is -2.37. The second kappa shape index (κ2) is 6.87. The van der Waals surface area contributed by atoms with Gasteiger partial charge in [-0.3, -0.25) is 4.79 Å². The topological polar surface area (TPSA) is 62.5 Å². The number of thioether (sulfide) groups is 1. The summed E-state index contributed by atoms with van der Waals surface area (Å²) >= 11 is 3.33. The van der Waals surface area contributed by atoms with Gasteiger partial charge in [0.2, 0.25) is 0 Å². The van der Waals surface area contributed by atoms with Crippen LogP contribution in [0.2, 0.25) is 0 Å². The summed E-state index contributed by atoms with van der Waals surface area (Å²) < 4.78 is 0. The number of aromatic nitrogens is 1. The summed E-state index contributed by atoms with van der Waals surface area (Å²) in [4.78, 5) is 21.8. The van der Waals surface area contributed by atoms with Gasteiger partial charge in [-0.05, 0) is 20.8 Å². The zero-order chi connectivity index (χ0) is 15.6. The standard InChI is InChI=1S/C14H24N4OS2/c1-5-17(6-2)14-16-12(15)11(21-14)13(19)18-7-8-20-10(4)9(18)3/h9-10H,5-8,15H2,1-4H3. The Morgan fingerprint density at radius 3 is 2.71 bits per heavy atom. The molecule has 1 fully saturated rings. The van der Waals surface area contributed by atoms with Crippen LogP contribution >= 0.6 is 23.1 Å². The van der Waals surface area contributed by atoms with Crippen molar-refractivity contribution in [2.75, 3.05) is 36.0 Å². The Labute approximate surface area is 134 Å². The molecule has 2 unspecified atom stereocenters. The van der Waals surface area contributed by atoms with Crippen LogP contribution in [0.25, 0.3) is 0 Å². The molecule has 118 valence electrons. The highest BCUT2D eigenvalue weighted by Crippen LogP contribution is 2.32. The zero-order valence-corrected chi connectivity index (χ0v) is 14.8. The van der Waals surface area contributed by atoms with Crippen LogP contribution in [0.4, 0.5) is 10.9 Å². The Balaban J connectivity index is 2.23. The van der Waals surface area contributed by atoms with Crippen molar-refractivity contribution in [3.8, 4) is 0 Å². The molecule has 1 aliphatic rings. The molecule has 0 radical (unpaired) electrons. The molecular formula is C14H24N4OS2. The van der Waals surface area contributed by atoms with Crippen molar-refractivity contribution in [3.05, 3.63) is 4.88 Å². The van der Waals surface area contributed by atoms with E-state index in [1.807, 2.05) is 16.7 Å². The number of nitrogens with two attached hydrogens (primary N) is 1. The fraction of sp³-hybridized carbons (Fsp3) is 0.714. The average molecular weight is 329 g/mol. The van der Waals surface area contributed by atoms with E-state index >= 15 is 0 Å². The third-order valence-electron chi connectivity index (χ3n) is 4.02. The van der Waals surface area contributed by atoms with Gasteiger partial charge in [0.1, 0.15) is 10.7 Å². The number of hydrogen-bond acceptors (Lipinski definition) is 6. The highest BCUT2D eigenvalue weighted by atomic mass is 32.2. The van der Waals surface area contributed by atoms with Crippen molar-refractivity contribution in [1.82, 2.24) is 9.88 Å². The summed E-state index contributed by atoms with van der Waals surface area (Å²) in [7, 11) is 0. The maximum atomic E-state index is 12.8. The molecule has 7 heteroatoms. The first-order valence-corrected chi connectivity index (χ1v) is 9.29. The summed E-state index contributed by atoms with van der Waals surface area (Å²) in [5.74, 6) is 1.38. The molecule has 1 amide bonds. The minimum absolute atomic E-state index is 0.0306. The maximum Gasteiger partial charge on any atom is 0.268 e. The lowest BCUT2D eigenvalue weighted by atomic mass is 10.2. The Hall–Kier alpha value is -0.950. The van der Waals surface area contributed by atoms with Crippen molar-refractivity contribution in [1.29, 1.82) is 0 Å². The molecule has 1 aliphatic heterocycles. The molecule has 0 spiro atoms. The molecule has 2 atom stereocenters. The number of carbonyl (C=O) groups excluding carboxylic acids is 1. The predicted octanol–water partition coefficient (Wildman–Crippen LogP) is 2.54. The molecule has 0 saturated carbocycles. The molecule has 21 heavy (non-hydrogen) atoms. The highest BCUT2D eigenvalue weighted by molar-refractivity contribution is 8.00. The van der Waals surface area contributed by atoms with Gasteiger partial charge >= 0.3 is 0 Å². The summed E-state index contributed by atoms with van der Waals surface area (Å²) in [5.41, 5.74) is 6.00. The zero-order valence-electron chi connectivity index (χ0n) is 13.1. The lowest BCUT2D eigenvalue weighted by molar-refractivity contribution is 0.0704. The van der Waals surface area contributed by atoms with Crippen LogP contribution in [0.1, 0.15) is 37.4 Å². The van der Waals surface area contributed by atoms with Gasteiger partial charge in [0.05, 0.1) is 0 Å². The van der Waals surface area contributed by atoms with E-state index in [4.69, 9.17) is 5.73 Å². The Morgan fingerprint density at radius 1 is 1.43 bits per heavy atom. The number of nitrogen functional groups attached to an aromatic ring is 1. The van der Waals surface area contributed by atoms with Crippen LogP contribution in [-0.2, 0) is 0 Å². The van der Waals surface area contributed by atoms with Crippen LogP contribution in [0, 0.1) is 0 Å². The minimum atomic E-state index is 0.0306. The number of thiazole rings is 1. The second-order valence-electron chi connectivity index (χ2n) is 5.20. The number of anilines is 2. The number of rotatable bonds is 4. The van der Waals surface area contributed by atoms with Gasteiger partial charge in [-0.1, -0.05) is 18.3 Å². The SMILES string of the molecule is CCN(CC)c1nc(N)c(C(=O)N2CCSC(C)C2C)s1. The monoisotopic (exact) mass is 328 g/mol. The summed E-state index contributed by atoms with van der Waals surface area (Å²) in [6.45, 7) is 11.0. The molecule has 5 nitrogen and oxygen atoms in total. The Morgan fingerprint density at radius 2 is 2.10 bits per heavy atom. The first kappa shape index (κ1) is 16.4. The average Bonchev–Trinajstić information content (AvgIpc) is 2.84. The van der Waals surface area contributed by atoms with E-state index in [2.05, 4.69) is 37.6 Å². The predicted molar refractivity (Wildman–Crippen MR) is 92.5 cm³/mol. The molecule has 0 aromatic carbocycles. The quantitative estimate of drug-likeness (QED) is 0.920. The lowest BCUT2D eigenvalue weighted by Crippen LogP contribution is -2.47. The second-order valence-corrected chi connectivity index (χ2v) is 7.66. The maximum absolute atomic E-state index is 12.8. The van der Waals surface area contributed by atoms with Gasteiger partial charge in [0.25, 0.3) is 5.91 Å². The number of hydrogen-bond donors (Lipinski definition) is 1. The van der Waals surface area contributed by atoms with Crippen molar-refractivity contribution in [2.45, 2.75) is 39.0 Å². The van der Waals surface area contributed by atoms with E-state index in [1.165, 1.54) is 11.3 Å². The van der Waals surface area contributed by atoms with Crippen molar-refractivity contribution >= 4 is 40.0 Å². The number of nitrogens with zero attached hydrogens (tertiary/aromatic N) is 3. The normalized spacial score (nSPS) is 22.4. The highest BCUT2D eigenvalue weighted by Gasteiger charge is 2.32. The molecule has 1 aromatic rings. The van der Waals surface area contributed by atoms with Crippen molar-refractivity contribution in [2.24, 2.45) is 0 Å². The van der Waals surface area contributed by atoms with Crippen LogP contribution in [-0.4, -0.2) is 52.5 Å².